The van der Waals surface area contributed by atoms with E-state index >= 15 is 0 Å². The molecule has 1 unspecified atom stereocenters. The SMILES string of the molecule is COCCN1CC(C(=O)N(CCc2ccccc2)C2CCCC2)CC1=O. The zero-order valence-electron chi connectivity index (χ0n) is 15.7. The zero-order valence-corrected chi connectivity index (χ0v) is 15.7. The molecule has 26 heavy (non-hydrogen) atoms. The van der Waals surface area contributed by atoms with Crippen LogP contribution >= 0.6 is 0 Å². The van der Waals surface area contributed by atoms with E-state index in [1.807, 2.05) is 18.2 Å². The monoisotopic (exact) mass is 358 g/mol. The van der Waals surface area contributed by atoms with Crippen molar-refractivity contribution in [2.75, 3.05) is 33.4 Å². The number of hydrogen-bond donors (Lipinski definition) is 0. The van der Waals surface area contributed by atoms with E-state index in [9.17, 15) is 9.59 Å². The molecule has 1 aliphatic carbocycles. The van der Waals surface area contributed by atoms with E-state index in [0.717, 1.165) is 25.8 Å². The smallest absolute Gasteiger partial charge is 0.228 e. The van der Waals surface area contributed by atoms with Crippen molar-refractivity contribution in [3.05, 3.63) is 35.9 Å². The Bertz CT molecular complexity index is 599. The number of carbonyl (C=O) groups is 2. The molecule has 1 aliphatic heterocycles. The second-order valence-corrected chi connectivity index (χ2v) is 7.44. The molecular weight excluding hydrogens is 328 g/mol. The van der Waals surface area contributed by atoms with E-state index < -0.39 is 0 Å². The number of nitrogens with zero attached hydrogens (tertiary/aromatic N) is 2. The first-order valence-electron chi connectivity index (χ1n) is 9.80. The average molecular weight is 358 g/mol. The average Bonchev–Trinajstić information content (AvgIpc) is 3.31. The molecule has 1 atom stereocenters. The van der Waals surface area contributed by atoms with Gasteiger partial charge in [-0.2, -0.15) is 0 Å². The number of carbonyl (C=O) groups excluding carboxylic acids is 2. The van der Waals surface area contributed by atoms with Gasteiger partial charge >= 0.3 is 0 Å². The van der Waals surface area contributed by atoms with Crippen LogP contribution in [0.1, 0.15) is 37.7 Å². The Morgan fingerprint density at radius 3 is 2.65 bits per heavy atom. The minimum Gasteiger partial charge on any atom is -0.383 e. The van der Waals surface area contributed by atoms with Crippen molar-refractivity contribution in [2.45, 2.75) is 44.6 Å². The molecule has 142 valence electrons. The summed E-state index contributed by atoms with van der Waals surface area (Å²) in [6, 6.07) is 10.7. The first kappa shape index (κ1) is 18.9. The summed E-state index contributed by atoms with van der Waals surface area (Å²) in [7, 11) is 1.63. The highest BCUT2D eigenvalue weighted by molar-refractivity contribution is 5.89. The second-order valence-electron chi connectivity index (χ2n) is 7.44. The van der Waals surface area contributed by atoms with Crippen LogP contribution in [0, 0.1) is 5.92 Å². The summed E-state index contributed by atoms with van der Waals surface area (Å²) in [6.45, 7) is 2.38. The van der Waals surface area contributed by atoms with Crippen LogP contribution in [0.2, 0.25) is 0 Å². The number of benzene rings is 1. The quantitative estimate of drug-likeness (QED) is 0.717. The molecule has 1 saturated heterocycles. The lowest BCUT2D eigenvalue weighted by Crippen LogP contribution is -2.44. The van der Waals surface area contributed by atoms with Crippen LogP contribution < -0.4 is 0 Å². The lowest BCUT2D eigenvalue weighted by molar-refractivity contribution is -0.138. The van der Waals surface area contributed by atoms with Gasteiger partial charge in [0.05, 0.1) is 12.5 Å². The molecule has 1 aromatic rings. The van der Waals surface area contributed by atoms with Crippen molar-refractivity contribution in [3.63, 3.8) is 0 Å². The van der Waals surface area contributed by atoms with Crippen LogP contribution in [0.5, 0.6) is 0 Å². The molecule has 2 amide bonds. The van der Waals surface area contributed by atoms with Crippen molar-refractivity contribution in [2.24, 2.45) is 5.92 Å². The van der Waals surface area contributed by atoms with Crippen LogP contribution in [0.4, 0.5) is 0 Å². The Hall–Kier alpha value is -1.88. The minimum absolute atomic E-state index is 0.0785. The number of rotatable bonds is 8. The molecule has 2 fully saturated rings. The fourth-order valence-corrected chi connectivity index (χ4v) is 4.17. The first-order chi connectivity index (χ1) is 12.7. The van der Waals surface area contributed by atoms with Gasteiger partial charge in [-0.3, -0.25) is 9.59 Å². The lowest BCUT2D eigenvalue weighted by atomic mass is 10.0. The van der Waals surface area contributed by atoms with Crippen LogP contribution in [0.3, 0.4) is 0 Å². The largest absolute Gasteiger partial charge is 0.383 e. The normalized spacial score (nSPS) is 20.7. The van der Waals surface area contributed by atoms with Crippen LogP contribution in [-0.2, 0) is 20.7 Å². The Morgan fingerprint density at radius 2 is 1.96 bits per heavy atom. The summed E-state index contributed by atoms with van der Waals surface area (Å²) in [5, 5.41) is 0. The molecule has 2 aliphatic rings. The predicted octanol–water partition coefficient (Wildman–Crippen LogP) is 2.50. The van der Waals surface area contributed by atoms with E-state index in [1.54, 1.807) is 12.0 Å². The maximum Gasteiger partial charge on any atom is 0.228 e. The summed E-state index contributed by atoms with van der Waals surface area (Å²) < 4.78 is 5.07. The third kappa shape index (κ3) is 4.64. The van der Waals surface area contributed by atoms with Gasteiger partial charge in [-0.25, -0.2) is 0 Å². The Labute approximate surface area is 156 Å². The highest BCUT2D eigenvalue weighted by Gasteiger charge is 2.38. The summed E-state index contributed by atoms with van der Waals surface area (Å²) in [4.78, 5) is 29.3. The summed E-state index contributed by atoms with van der Waals surface area (Å²) >= 11 is 0. The highest BCUT2D eigenvalue weighted by atomic mass is 16.5. The molecule has 5 nitrogen and oxygen atoms in total. The Morgan fingerprint density at radius 1 is 1.23 bits per heavy atom. The van der Waals surface area contributed by atoms with Crippen molar-refractivity contribution < 1.29 is 14.3 Å². The van der Waals surface area contributed by atoms with Gasteiger partial charge in [0, 0.05) is 39.2 Å². The Kier molecular flexibility index (Phi) is 6.67. The molecule has 1 heterocycles. The predicted molar refractivity (Wildman–Crippen MR) is 101 cm³/mol. The zero-order chi connectivity index (χ0) is 18.4. The van der Waals surface area contributed by atoms with E-state index in [1.165, 1.54) is 18.4 Å². The maximum absolute atomic E-state index is 13.2. The van der Waals surface area contributed by atoms with Gasteiger partial charge in [-0.1, -0.05) is 43.2 Å². The number of methoxy groups -OCH3 is 1. The minimum atomic E-state index is -0.198. The number of hydrogen-bond acceptors (Lipinski definition) is 3. The fourth-order valence-electron chi connectivity index (χ4n) is 4.17. The van der Waals surface area contributed by atoms with E-state index in [4.69, 9.17) is 4.74 Å². The standard InChI is InChI=1S/C21H30N2O3/c1-26-14-13-22-16-18(15-20(22)24)21(25)23(19-9-5-6-10-19)12-11-17-7-3-2-4-8-17/h2-4,7-8,18-19H,5-6,9-16H2,1H3. The van der Waals surface area contributed by atoms with Crippen LogP contribution in [-0.4, -0.2) is 61.0 Å². The van der Waals surface area contributed by atoms with Gasteiger partial charge in [0.2, 0.25) is 11.8 Å². The summed E-state index contributed by atoms with van der Waals surface area (Å²) in [5.41, 5.74) is 1.26. The van der Waals surface area contributed by atoms with Gasteiger partial charge in [-0.05, 0) is 24.8 Å². The van der Waals surface area contributed by atoms with Crippen molar-refractivity contribution in [3.8, 4) is 0 Å². The van der Waals surface area contributed by atoms with Gasteiger partial charge in [-0.15, -0.1) is 0 Å². The Balaban J connectivity index is 1.64. The van der Waals surface area contributed by atoms with E-state index in [-0.39, 0.29) is 17.7 Å². The molecule has 0 radical (unpaired) electrons. The molecule has 0 N–H and O–H groups in total. The fraction of sp³-hybridized carbons (Fsp3) is 0.619. The van der Waals surface area contributed by atoms with E-state index in [0.29, 0.717) is 32.2 Å². The van der Waals surface area contributed by atoms with Crippen molar-refractivity contribution >= 4 is 11.8 Å². The molecule has 5 heteroatoms. The summed E-state index contributed by atoms with van der Waals surface area (Å²) in [6.07, 6.45) is 5.80. The molecular formula is C21H30N2O3. The molecule has 0 bridgehead atoms. The molecule has 0 spiro atoms. The van der Waals surface area contributed by atoms with E-state index in [2.05, 4.69) is 17.0 Å². The number of amides is 2. The number of ether oxygens (including phenoxy) is 1. The first-order valence-corrected chi connectivity index (χ1v) is 9.80. The maximum atomic E-state index is 13.2. The van der Waals surface area contributed by atoms with Gasteiger partial charge in [0.25, 0.3) is 0 Å². The topological polar surface area (TPSA) is 49.9 Å². The number of likely N-dealkylation sites (tertiary alicyclic amines) is 1. The van der Waals surface area contributed by atoms with Crippen molar-refractivity contribution in [1.29, 1.82) is 0 Å². The van der Waals surface area contributed by atoms with Gasteiger partial charge in [0.1, 0.15) is 0 Å². The molecule has 0 aromatic heterocycles. The molecule has 1 aromatic carbocycles. The second kappa shape index (κ2) is 9.17. The van der Waals surface area contributed by atoms with Crippen LogP contribution in [0.15, 0.2) is 30.3 Å². The molecule has 1 saturated carbocycles. The lowest BCUT2D eigenvalue weighted by Gasteiger charge is -2.31. The van der Waals surface area contributed by atoms with Gasteiger partial charge < -0.3 is 14.5 Å². The molecule has 3 rings (SSSR count). The van der Waals surface area contributed by atoms with Crippen LogP contribution in [0.25, 0.3) is 0 Å². The third-order valence-electron chi connectivity index (χ3n) is 5.66. The van der Waals surface area contributed by atoms with Gasteiger partial charge in [0.15, 0.2) is 0 Å². The highest BCUT2D eigenvalue weighted by Crippen LogP contribution is 2.28. The van der Waals surface area contributed by atoms with Crippen molar-refractivity contribution in [1.82, 2.24) is 9.80 Å². The third-order valence-corrected chi connectivity index (χ3v) is 5.66. The summed E-state index contributed by atoms with van der Waals surface area (Å²) in [5.74, 6) is 0.0478.